The van der Waals surface area contributed by atoms with Gasteiger partial charge in [-0.3, -0.25) is 0 Å². The molecule has 3 nitrogen and oxygen atoms in total. The fraction of sp³-hybridized carbons (Fsp3) is 0.179. The van der Waals surface area contributed by atoms with Crippen molar-refractivity contribution in [3.63, 3.8) is 0 Å². The van der Waals surface area contributed by atoms with Gasteiger partial charge in [-0.25, -0.2) is 4.79 Å². The van der Waals surface area contributed by atoms with Crippen LogP contribution in [0.4, 0.5) is 0 Å². The molecular formula is C28H23ClO3S. The Morgan fingerprint density at radius 1 is 0.818 bits per heavy atom. The van der Waals surface area contributed by atoms with Gasteiger partial charge in [0, 0.05) is 22.2 Å². The molecule has 166 valence electrons. The second-order valence-electron chi connectivity index (χ2n) is 6.98. The Morgan fingerprint density at radius 3 is 2.00 bits per heavy atom. The summed E-state index contributed by atoms with van der Waals surface area (Å²) in [6, 6.07) is 19.2. The van der Waals surface area contributed by atoms with Gasteiger partial charge in [-0.15, -0.1) is 11.3 Å². The normalized spacial score (nSPS) is 9.73. The number of hydrogen-bond acceptors (Lipinski definition) is 4. The molecule has 0 N–H and O–H groups in total. The van der Waals surface area contributed by atoms with Crippen LogP contribution in [0.1, 0.15) is 40.1 Å². The molecule has 33 heavy (non-hydrogen) atoms. The molecule has 1 aromatic heterocycles. The highest BCUT2D eigenvalue weighted by molar-refractivity contribution is 7.13. The number of thiophene rings is 1. The molecule has 0 amide bonds. The van der Waals surface area contributed by atoms with E-state index in [1.165, 1.54) is 6.08 Å². The number of carbonyl (C=O) groups excluding carboxylic acids is 1. The summed E-state index contributed by atoms with van der Waals surface area (Å²) in [6.45, 7) is 4.40. The van der Waals surface area contributed by atoms with Crippen LogP contribution in [0.3, 0.4) is 0 Å². The first kappa shape index (κ1) is 24.2. The van der Waals surface area contributed by atoms with Crippen LogP contribution >= 0.6 is 22.9 Å². The topological polar surface area (TPSA) is 35.5 Å². The molecule has 0 bridgehead atoms. The Hall–Kier alpha value is -3.44. The molecule has 0 radical (unpaired) electrons. The molecule has 0 spiro atoms. The molecule has 0 aliphatic rings. The summed E-state index contributed by atoms with van der Waals surface area (Å²) in [5, 5.41) is 0.703. The average Bonchev–Trinajstić information content (AvgIpc) is 3.30. The van der Waals surface area contributed by atoms with Crippen LogP contribution in [0.25, 0.3) is 0 Å². The van der Waals surface area contributed by atoms with Gasteiger partial charge in [0.05, 0.1) is 23.0 Å². The summed E-state index contributed by atoms with van der Waals surface area (Å²) in [5.74, 6) is 13.1. The first-order valence-corrected chi connectivity index (χ1v) is 11.7. The molecule has 3 rings (SSSR count). The summed E-state index contributed by atoms with van der Waals surface area (Å²) in [7, 11) is 0. The third kappa shape index (κ3) is 8.91. The number of unbranched alkanes of at least 4 members (excludes halogenated alkanes) is 2. The van der Waals surface area contributed by atoms with Gasteiger partial charge in [0.1, 0.15) is 5.75 Å². The lowest BCUT2D eigenvalue weighted by Crippen LogP contribution is -2.03. The van der Waals surface area contributed by atoms with Crippen LogP contribution in [0, 0.1) is 23.7 Å². The highest BCUT2D eigenvalue weighted by atomic mass is 35.5. The number of rotatable bonds is 8. The maximum atomic E-state index is 10.9. The average molecular weight is 475 g/mol. The third-order valence-electron chi connectivity index (χ3n) is 4.43. The van der Waals surface area contributed by atoms with E-state index in [0.29, 0.717) is 18.2 Å². The molecule has 0 unspecified atom stereocenters. The van der Waals surface area contributed by atoms with Crippen molar-refractivity contribution in [1.82, 2.24) is 0 Å². The summed E-state index contributed by atoms with van der Waals surface area (Å²) in [6.07, 6.45) is 3.82. The second kappa shape index (κ2) is 13.2. The second-order valence-corrected chi connectivity index (χ2v) is 8.50. The monoisotopic (exact) mass is 474 g/mol. The van der Waals surface area contributed by atoms with E-state index in [2.05, 4.69) is 30.3 Å². The van der Waals surface area contributed by atoms with E-state index in [9.17, 15) is 4.79 Å². The van der Waals surface area contributed by atoms with Gasteiger partial charge in [0.15, 0.2) is 0 Å². The highest BCUT2D eigenvalue weighted by Crippen LogP contribution is 2.16. The van der Waals surface area contributed by atoms with Crippen LogP contribution in [-0.2, 0) is 9.53 Å². The molecule has 0 fully saturated rings. The van der Waals surface area contributed by atoms with Crippen LogP contribution in [-0.4, -0.2) is 19.2 Å². The Balaban J connectivity index is 1.43. The van der Waals surface area contributed by atoms with Crippen molar-refractivity contribution < 1.29 is 14.3 Å². The Bertz CT molecular complexity index is 1190. The molecule has 2 aromatic carbocycles. The van der Waals surface area contributed by atoms with Crippen molar-refractivity contribution in [3.8, 4) is 29.4 Å². The van der Waals surface area contributed by atoms with E-state index in [4.69, 9.17) is 21.1 Å². The zero-order chi connectivity index (χ0) is 23.3. The summed E-state index contributed by atoms with van der Waals surface area (Å²) in [4.78, 5) is 12.9. The molecule has 0 aliphatic heterocycles. The lowest BCUT2D eigenvalue weighted by Gasteiger charge is -2.06. The van der Waals surface area contributed by atoms with Gasteiger partial charge < -0.3 is 9.47 Å². The Kier molecular flexibility index (Phi) is 9.67. The molecule has 0 saturated carbocycles. The van der Waals surface area contributed by atoms with E-state index in [0.717, 1.165) is 45.9 Å². The smallest absolute Gasteiger partial charge is 0.330 e. The molecule has 0 atom stereocenters. The van der Waals surface area contributed by atoms with Crippen molar-refractivity contribution in [2.75, 3.05) is 13.2 Å². The first-order chi connectivity index (χ1) is 16.1. The van der Waals surface area contributed by atoms with Gasteiger partial charge in [0.25, 0.3) is 0 Å². The van der Waals surface area contributed by atoms with Gasteiger partial charge in [-0.2, -0.15) is 0 Å². The molecular weight excluding hydrogens is 452 g/mol. The number of hydrogen-bond donors (Lipinski definition) is 0. The van der Waals surface area contributed by atoms with Crippen molar-refractivity contribution >= 4 is 28.9 Å². The van der Waals surface area contributed by atoms with Crippen molar-refractivity contribution in [1.29, 1.82) is 0 Å². The number of benzene rings is 2. The zero-order valence-electron chi connectivity index (χ0n) is 18.1. The zero-order valence-corrected chi connectivity index (χ0v) is 19.7. The van der Waals surface area contributed by atoms with Crippen LogP contribution in [0.15, 0.2) is 73.3 Å². The van der Waals surface area contributed by atoms with E-state index in [1.54, 1.807) is 11.3 Å². The highest BCUT2D eigenvalue weighted by Gasteiger charge is 1.98. The molecule has 5 heteroatoms. The quantitative estimate of drug-likeness (QED) is 0.162. The maximum absolute atomic E-state index is 10.9. The Labute approximate surface area is 204 Å². The summed E-state index contributed by atoms with van der Waals surface area (Å²) >= 11 is 7.47. The first-order valence-electron chi connectivity index (χ1n) is 10.5. The summed E-state index contributed by atoms with van der Waals surface area (Å²) < 4.78 is 10.7. The number of carbonyl (C=O) groups is 1. The third-order valence-corrected chi connectivity index (χ3v) is 5.60. The predicted octanol–water partition coefficient (Wildman–Crippen LogP) is 6.48. The maximum Gasteiger partial charge on any atom is 0.330 e. The van der Waals surface area contributed by atoms with E-state index < -0.39 is 0 Å². The fourth-order valence-corrected chi connectivity index (χ4v) is 3.55. The van der Waals surface area contributed by atoms with Gasteiger partial charge in [-0.05, 0) is 79.9 Å². The van der Waals surface area contributed by atoms with Gasteiger partial charge in [-0.1, -0.05) is 41.9 Å². The van der Waals surface area contributed by atoms with Crippen molar-refractivity contribution in [3.05, 3.63) is 99.2 Å². The van der Waals surface area contributed by atoms with Crippen molar-refractivity contribution in [2.24, 2.45) is 0 Å². The van der Waals surface area contributed by atoms with Gasteiger partial charge in [0.2, 0.25) is 0 Å². The summed E-state index contributed by atoms with van der Waals surface area (Å²) in [5.41, 5.74) is 1.85. The minimum Gasteiger partial charge on any atom is -0.494 e. The van der Waals surface area contributed by atoms with Crippen LogP contribution in [0.2, 0.25) is 5.02 Å². The van der Waals surface area contributed by atoms with Gasteiger partial charge >= 0.3 is 5.97 Å². The van der Waals surface area contributed by atoms with Crippen molar-refractivity contribution in [2.45, 2.75) is 19.3 Å². The fourth-order valence-electron chi connectivity index (χ4n) is 2.71. The number of ether oxygens (including phenoxy) is 2. The minimum atomic E-state index is -0.378. The van der Waals surface area contributed by atoms with Crippen LogP contribution < -0.4 is 4.74 Å². The molecule has 0 saturated heterocycles. The minimum absolute atomic E-state index is 0.378. The molecule has 0 aliphatic carbocycles. The molecule has 1 heterocycles. The van der Waals surface area contributed by atoms with E-state index in [1.807, 2.05) is 60.7 Å². The SMILES string of the molecule is C=CC(=O)OCCCCCOc1ccc(C#Cc2ccc(C#Cc3ccc(Cl)cc3)s2)cc1. The standard InChI is InChI=1S/C28H23ClO3S/c1-2-28(30)32-21-5-3-4-20-31-25-14-8-23(9-15-25)11-17-27-19-18-26(33-27)16-10-22-6-12-24(29)13-7-22/h2,6-9,12-15,18-19H,1,3-5,20-21H2. The van der Waals surface area contributed by atoms with E-state index >= 15 is 0 Å². The lowest BCUT2D eigenvalue weighted by molar-refractivity contribution is -0.137. The predicted molar refractivity (Wildman–Crippen MR) is 135 cm³/mol. The number of halogens is 1. The number of esters is 1. The Morgan fingerprint density at radius 2 is 1.39 bits per heavy atom. The molecule has 3 aromatic rings. The largest absolute Gasteiger partial charge is 0.494 e. The lowest BCUT2D eigenvalue weighted by atomic mass is 10.2. The van der Waals surface area contributed by atoms with E-state index in [-0.39, 0.29) is 5.97 Å². The van der Waals surface area contributed by atoms with Crippen LogP contribution in [0.5, 0.6) is 5.75 Å².